The number of rotatable bonds is 3. The van der Waals surface area contributed by atoms with Gasteiger partial charge in [-0.1, -0.05) is 12.1 Å². The van der Waals surface area contributed by atoms with Gasteiger partial charge in [-0.25, -0.2) is 0 Å². The van der Waals surface area contributed by atoms with Gasteiger partial charge in [-0.2, -0.15) is 0 Å². The zero-order valence-corrected chi connectivity index (χ0v) is 9.14. The van der Waals surface area contributed by atoms with Crippen LogP contribution in [-0.2, 0) is 0 Å². The number of thioether (sulfide) groups is 1. The van der Waals surface area contributed by atoms with E-state index in [2.05, 4.69) is 46.9 Å². The topological polar surface area (TPSA) is 3.24 Å². The molecule has 1 aromatic rings. The highest BCUT2D eigenvalue weighted by molar-refractivity contribution is 8.01. The van der Waals surface area contributed by atoms with Gasteiger partial charge >= 0.3 is 0 Å². The van der Waals surface area contributed by atoms with Gasteiger partial charge in [0.25, 0.3) is 0 Å². The summed E-state index contributed by atoms with van der Waals surface area (Å²) in [6.45, 7) is 0. The van der Waals surface area contributed by atoms with Crippen LogP contribution in [0, 0.1) is 0 Å². The van der Waals surface area contributed by atoms with Crippen molar-refractivity contribution in [2.24, 2.45) is 0 Å². The molecule has 1 aromatic carbocycles. The summed E-state index contributed by atoms with van der Waals surface area (Å²) in [5.41, 5.74) is 2.49. The molecule has 0 bridgehead atoms. The summed E-state index contributed by atoms with van der Waals surface area (Å²) in [7, 11) is 4.10. The molecule has 0 N–H and O–H groups in total. The van der Waals surface area contributed by atoms with E-state index in [1.54, 1.807) is 11.8 Å². The van der Waals surface area contributed by atoms with Crippen LogP contribution in [0.4, 0.5) is 5.69 Å². The maximum Gasteiger partial charge on any atom is 0.0361 e. The fraction of sp³-hybridized carbons (Fsp3) is 0.273. The monoisotopic (exact) mass is 193 g/mol. The van der Waals surface area contributed by atoms with Crippen molar-refractivity contribution in [3.63, 3.8) is 0 Å². The smallest absolute Gasteiger partial charge is 0.0361 e. The average molecular weight is 193 g/mol. The maximum atomic E-state index is 2.13. The van der Waals surface area contributed by atoms with Crippen LogP contribution in [0.15, 0.2) is 29.7 Å². The second kappa shape index (κ2) is 4.97. The molecule has 0 radical (unpaired) electrons. The van der Waals surface area contributed by atoms with Crippen molar-refractivity contribution in [2.75, 3.05) is 25.3 Å². The van der Waals surface area contributed by atoms with Gasteiger partial charge in [0.2, 0.25) is 0 Å². The first-order valence-electron chi connectivity index (χ1n) is 4.21. The molecule has 0 spiro atoms. The first kappa shape index (κ1) is 10.2. The van der Waals surface area contributed by atoms with Gasteiger partial charge in [0.15, 0.2) is 0 Å². The molecule has 0 heterocycles. The van der Waals surface area contributed by atoms with E-state index in [9.17, 15) is 0 Å². The zero-order valence-electron chi connectivity index (χ0n) is 8.32. The van der Waals surface area contributed by atoms with Gasteiger partial charge in [-0.05, 0) is 35.4 Å². The Hall–Kier alpha value is -0.890. The average Bonchev–Trinajstić information content (AvgIpc) is 2.15. The molecule has 2 heteroatoms. The lowest BCUT2D eigenvalue weighted by Gasteiger charge is -2.11. The molecule has 0 aliphatic heterocycles. The van der Waals surface area contributed by atoms with Crippen LogP contribution >= 0.6 is 11.8 Å². The van der Waals surface area contributed by atoms with Gasteiger partial charge < -0.3 is 4.90 Å². The van der Waals surface area contributed by atoms with Crippen LogP contribution in [-0.4, -0.2) is 20.4 Å². The largest absolute Gasteiger partial charge is 0.378 e. The third-order valence-corrected chi connectivity index (χ3v) is 2.21. The highest BCUT2D eigenvalue weighted by Crippen LogP contribution is 2.13. The van der Waals surface area contributed by atoms with Crippen molar-refractivity contribution in [3.05, 3.63) is 35.2 Å². The minimum Gasteiger partial charge on any atom is -0.378 e. The highest BCUT2D eigenvalue weighted by atomic mass is 32.2. The van der Waals surface area contributed by atoms with Gasteiger partial charge in [-0.15, -0.1) is 11.8 Å². The van der Waals surface area contributed by atoms with E-state index >= 15 is 0 Å². The van der Waals surface area contributed by atoms with Crippen molar-refractivity contribution in [3.8, 4) is 0 Å². The van der Waals surface area contributed by atoms with Crippen LogP contribution < -0.4 is 4.90 Å². The Morgan fingerprint density at radius 1 is 1.15 bits per heavy atom. The Kier molecular flexibility index (Phi) is 3.90. The molecule has 0 aliphatic carbocycles. The van der Waals surface area contributed by atoms with Crippen LogP contribution in [0.1, 0.15) is 5.56 Å². The molecule has 0 aliphatic rings. The molecule has 0 fully saturated rings. The van der Waals surface area contributed by atoms with E-state index in [4.69, 9.17) is 0 Å². The molecule has 13 heavy (non-hydrogen) atoms. The summed E-state index contributed by atoms with van der Waals surface area (Å²) in [5, 5.41) is 2.09. The Balaban J connectivity index is 2.75. The Bertz CT molecular complexity index is 275. The lowest BCUT2D eigenvalue weighted by Crippen LogP contribution is -2.07. The number of nitrogens with zero attached hydrogens (tertiary/aromatic N) is 1. The molecule has 0 atom stereocenters. The summed E-state index contributed by atoms with van der Waals surface area (Å²) in [4.78, 5) is 2.10. The molecule has 70 valence electrons. The summed E-state index contributed by atoms with van der Waals surface area (Å²) < 4.78 is 0. The highest BCUT2D eigenvalue weighted by Gasteiger charge is 1.92. The van der Waals surface area contributed by atoms with Crippen molar-refractivity contribution in [2.45, 2.75) is 0 Å². The van der Waals surface area contributed by atoms with Crippen molar-refractivity contribution >= 4 is 23.5 Å². The van der Waals surface area contributed by atoms with Gasteiger partial charge in [0.1, 0.15) is 0 Å². The quantitative estimate of drug-likeness (QED) is 0.725. The van der Waals surface area contributed by atoms with E-state index < -0.39 is 0 Å². The molecule has 0 unspecified atom stereocenters. The summed E-state index contributed by atoms with van der Waals surface area (Å²) >= 11 is 1.72. The van der Waals surface area contributed by atoms with E-state index in [1.807, 2.05) is 14.1 Å². The van der Waals surface area contributed by atoms with Crippen LogP contribution in [0.25, 0.3) is 6.08 Å². The summed E-state index contributed by atoms with van der Waals surface area (Å²) in [6, 6.07) is 8.50. The first-order valence-corrected chi connectivity index (χ1v) is 5.49. The number of benzene rings is 1. The standard InChI is InChI=1S/C11H15NS/c1-12(2)11-6-4-10(5-7-11)8-9-13-3/h4-9H,1-3H3/b9-8+. The first-order chi connectivity index (χ1) is 6.24. The van der Waals surface area contributed by atoms with Crippen LogP contribution in [0.3, 0.4) is 0 Å². The summed E-state index contributed by atoms with van der Waals surface area (Å²) in [5.74, 6) is 0. The van der Waals surface area contributed by atoms with Crippen molar-refractivity contribution in [1.29, 1.82) is 0 Å². The van der Waals surface area contributed by atoms with Gasteiger partial charge in [0, 0.05) is 19.8 Å². The fourth-order valence-electron chi connectivity index (χ4n) is 1.03. The van der Waals surface area contributed by atoms with Gasteiger partial charge in [-0.3, -0.25) is 0 Å². The zero-order chi connectivity index (χ0) is 9.68. The third kappa shape index (κ3) is 3.15. The lowest BCUT2D eigenvalue weighted by molar-refractivity contribution is 1.13. The molecule has 0 aromatic heterocycles. The van der Waals surface area contributed by atoms with Crippen LogP contribution in [0.2, 0.25) is 0 Å². The third-order valence-electron chi connectivity index (χ3n) is 1.81. The van der Waals surface area contributed by atoms with Crippen molar-refractivity contribution in [1.82, 2.24) is 0 Å². The minimum absolute atomic E-state index is 1.24. The van der Waals surface area contributed by atoms with Crippen molar-refractivity contribution < 1.29 is 0 Å². The summed E-state index contributed by atoms with van der Waals surface area (Å²) in [6.07, 6.45) is 4.18. The van der Waals surface area contributed by atoms with E-state index in [0.29, 0.717) is 0 Å². The number of hydrogen-bond acceptors (Lipinski definition) is 2. The Labute approximate surface area is 84.4 Å². The second-order valence-electron chi connectivity index (χ2n) is 3.02. The Morgan fingerprint density at radius 2 is 1.77 bits per heavy atom. The second-order valence-corrected chi connectivity index (χ2v) is 3.77. The predicted octanol–water partition coefficient (Wildman–Crippen LogP) is 3.09. The normalized spacial score (nSPS) is 10.7. The molecule has 0 saturated carbocycles. The van der Waals surface area contributed by atoms with Crippen LogP contribution in [0.5, 0.6) is 0 Å². The van der Waals surface area contributed by atoms with E-state index in [1.165, 1.54) is 11.3 Å². The fourth-order valence-corrected chi connectivity index (χ4v) is 1.32. The predicted molar refractivity (Wildman–Crippen MR) is 63.3 cm³/mol. The Morgan fingerprint density at radius 3 is 2.23 bits per heavy atom. The lowest BCUT2D eigenvalue weighted by atomic mass is 10.2. The van der Waals surface area contributed by atoms with Gasteiger partial charge in [0.05, 0.1) is 0 Å². The maximum absolute atomic E-state index is 2.13. The molecular weight excluding hydrogens is 178 g/mol. The number of hydrogen-bond donors (Lipinski definition) is 0. The minimum atomic E-state index is 1.24. The molecule has 0 amide bonds. The molecule has 1 rings (SSSR count). The van der Waals surface area contributed by atoms with E-state index in [-0.39, 0.29) is 0 Å². The molecule has 0 saturated heterocycles. The molecular formula is C11H15NS. The SMILES string of the molecule is CS/C=C/c1ccc(N(C)C)cc1. The molecule has 1 nitrogen and oxygen atoms in total. The number of anilines is 1. The van der Waals surface area contributed by atoms with E-state index in [0.717, 1.165) is 0 Å².